The summed E-state index contributed by atoms with van der Waals surface area (Å²) in [6.07, 6.45) is -2.55. The number of nitrogens with one attached hydrogen (secondary N) is 1. The number of carbonyl (C=O) groups is 1. The molecule has 1 aliphatic rings. The van der Waals surface area contributed by atoms with E-state index in [4.69, 9.17) is 4.74 Å². The quantitative estimate of drug-likeness (QED) is 0.904. The van der Waals surface area contributed by atoms with Crippen LogP contribution in [0.15, 0.2) is 24.3 Å². The number of nitrogens with zero attached hydrogens (tertiary/aromatic N) is 2. The van der Waals surface area contributed by atoms with Crippen LogP contribution in [0.5, 0.6) is 5.75 Å². The molecule has 1 aliphatic heterocycles. The van der Waals surface area contributed by atoms with Gasteiger partial charge in [0.2, 0.25) is 0 Å². The third kappa shape index (κ3) is 5.06. The van der Waals surface area contributed by atoms with Gasteiger partial charge in [0.25, 0.3) is 6.43 Å². The zero-order valence-corrected chi connectivity index (χ0v) is 13.5. The molecule has 2 amide bonds. The van der Waals surface area contributed by atoms with Crippen molar-refractivity contribution in [1.29, 1.82) is 0 Å². The molecule has 0 aromatic heterocycles. The first-order valence-corrected chi connectivity index (χ1v) is 7.77. The number of ether oxygens (including phenoxy) is 1. The molecule has 5 nitrogen and oxygen atoms in total. The van der Waals surface area contributed by atoms with Crippen LogP contribution in [0.1, 0.15) is 13.8 Å². The molecule has 1 N–H and O–H groups in total. The fourth-order valence-electron chi connectivity index (χ4n) is 2.48. The fourth-order valence-corrected chi connectivity index (χ4v) is 2.48. The first-order chi connectivity index (χ1) is 11.0. The summed E-state index contributed by atoms with van der Waals surface area (Å²) in [6, 6.07) is 6.84. The van der Waals surface area contributed by atoms with Gasteiger partial charge in [-0.2, -0.15) is 0 Å². The zero-order valence-electron chi connectivity index (χ0n) is 13.5. The molecule has 23 heavy (non-hydrogen) atoms. The van der Waals surface area contributed by atoms with Crippen LogP contribution in [0, 0.1) is 0 Å². The van der Waals surface area contributed by atoms with Crippen LogP contribution in [0.25, 0.3) is 0 Å². The van der Waals surface area contributed by atoms with Crippen LogP contribution in [0.3, 0.4) is 0 Å². The van der Waals surface area contributed by atoms with E-state index >= 15 is 0 Å². The Morgan fingerprint density at radius 2 is 1.87 bits per heavy atom. The third-order valence-corrected chi connectivity index (χ3v) is 3.83. The van der Waals surface area contributed by atoms with E-state index in [0.29, 0.717) is 24.8 Å². The summed E-state index contributed by atoms with van der Waals surface area (Å²) in [5.74, 6) is 0.252. The number of hydrogen-bond acceptors (Lipinski definition) is 3. The van der Waals surface area contributed by atoms with E-state index < -0.39 is 13.0 Å². The average Bonchev–Trinajstić information content (AvgIpc) is 2.54. The van der Waals surface area contributed by atoms with Crippen LogP contribution in [-0.4, -0.2) is 61.1 Å². The highest BCUT2D eigenvalue weighted by Crippen LogP contribution is 2.24. The molecule has 0 unspecified atom stereocenters. The van der Waals surface area contributed by atoms with Gasteiger partial charge in [-0.1, -0.05) is 12.1 Å². The lowest BCUT2D eigenvalue weighted by atomic mass is 10.2. The molecule has 1 aromatic carbocycles. The number of amides is 2. The van der Waals surface area contributed by atoms with Crippen molar-refractivity contribution in [2.45, 2.75) is 26.3 Å². The second kappa shape index (κ2) is 8.10. The Hall–Kier alpha value is -1.89. The molecule has 0 atom stereocenters. The van der Waals surface area contributed by atoms with Gasteiger partial charge < -0.3 is 15.0 Å². The minimum Gasteiger partial charge on any atom is -0.485 e. The fraction of sp³-hybridized carbons (Fsp3) is 0.562. The lowest BCUT2D eigenvalue weighted by Crippen LogP contribution is -2.51. The summed E-state index contributed by atoms with van der Waals surface area (Å²) in [5, 5.41) is 2.75. The number of anilines is 1. The number of alkyl halides is 2. The smallest absolute Gasteiger partial charge is 0.322 e. The molecule has 128 valence electrons. The molecule has 0 spiro atoms. The first kappa shape index (κ1) is 17.5. The van der Waals surface area contributed by atoms with Crippen molar-refractivity contribution in [1.82, 2.24) is 9.80 Å². The van der Waals surface area contributed by atoms with Crippen molar-refractivity contribution in [3.8, 4) is 5.75 Å². The van der Waals surface area contributed by atoms with Gasteiger partial charge in [-0.3, -0.25) is 4.90 Å². The predicted octanol–water partition coefficient (Wildman–Crippen LogP) is 2.89. The number of para-hydroxylation sites is 2. The van der Waals surface area contributed by atoms with Gasteiger partial charge in [-0.15, -0.1) is 0 Å². The van der Waals surface area contributed by atoms with Gasteiger partial charge in [-0.05, 0) is 26.0 Å². The number of rotatable bonds is 5. The molecule has 0 bridgehead atoms. The molecule has 0 radical (unpaired) electrons. The van der Waals surface area contributed by atoms with Crippen molar-refractivity contribution >= 4 is 11.7 Å². The van der Waals surface area contributed by atoms with Crippen LogP contribution in [0.2, 0.25) is 0 Å². The normalized spacial score (nSPS) is 16.0. The van der Waals surface area contributed by atoms with Gasteiger partial charge >= 0.3 is 6.03 Å². The summed E-state index contributed by atoms with van der Waals surface area (Å²) in [5.41, 5.74) is 0.407. The molecular formula is C16H23F2N3O2. The Bertz CT molecular complexity index is 518. The van der Waals surface area contributed by atoms with E-state index in [0.717, 1.165) is 13.1 Å². The minimum absolute atomic E-state index is 0.235. The molecular weight excluding hydrogens is 304 g/mol. The zero-order chi connectivity index (χ0) is 16.8. The molecule has 0 saturated carbocycles. The molecule has 1 saturated heterocycles. The maximum absolute atomic E-state index is 12.3. The maximum Gasteiger partial charge on any atom is 0.322 e. The number of benzene rings is 1. The average molecular weight is 327 g/mol. The molecule has 0 aliphatic carbocycles. The third-order valence-electron chi connectivity index (χ3n) is 3.83. The van der Waals surface area contributed by atoms with E-state index in [-0.39, 0.29) is 11.8 Å². The Morgan fingerprint density at radius 3 is 2.48 bits per heavy atom. The van der Waals surface area contributed by atoms with Crippen LogP contribution < -0.4 is 10.1 Å². The summed E-state index contributed by atoms with van der Waals surface area (Å²) < 4.78 is 29.6. The van der Waals surface area contributed by atoms with E-state index in [1.54, 1.807) is 29.2 Å². The molecule has 1 aromatic rings. The van der Waals surface area contributed by atoms with Gasteiger partial charge in [-0.25, -0.2) is 13.6 Å². The maximum atomic E-state index is 12.3. The minimum atomic E-state index is -2.55. The van der Waals surface area contributed by atoms with Crippen molar-refractivity contribution < 1.29 is 18.3 Å². The Morgan fingerprint density at radius 1 is 1.22 bits per heavy atom. The first-order valence-electron chi connectivity index (χ1n) is 7.77. The summed E-state index contributed by atoms with van der Waals surface area (Å²) >= 11 is 0. The van der Waals surface area contributed by atoms with Gasteiger partial charge in [0.1, 0.15) is 12.4 Å². The molecule has 7 heteroatoms. The topological polar surface area (TPSA) is 44.8 Å². The Balaban J connectivity index is 1.93. The lowest BCUT2D eigenvalue weighted by Gasteiger charge is -2.36. The second-order valence-electron chi connectivity index (χ2n) is 5.75. The standard InChI is InChI=1S/C16H23F2N3O2/c1-12(2)20-7-9-21(10-8-20)16(22)19-13-5-3-4-6-14(13)23-11-15(17)18/h3-6,12,15H,7-11H2,1-2H3,(H,19,22). The van der Waals surface area contributed by atoms with Crippen molar-refractivity contribution in [2.75, 3.05) is 38.1 Å². The number of urea groups is 1. The van der Waals surface area contributed by atoms with Crippen molar-refractivity contribution in [2.24, 2.45) is 0 Å². The Labute approximate surface area is 135 Å². The summed E-state index contributed by atoms with van der Waals surface area (Å²) in [4.78, 5) is 16.4. The highest BCUT2D eigenvalue weighted by molar-refractivity contribution is 5.91. The Kier molecular flexibility index (Phi) is 6.15. The van der Waals surface area contributed by atoms with Crippen LogP contribution >= 0.6 is 0 Å². The highest BCUT2D eigenvalue weighted by atomic mass is 19.3. The largest absolute Gasteiger partial charge is 0.485 e. The van der Waals surface area contributed by atoms with Crippen LogP contribution in [-0.2, 0) is 0 Å². The number of hydrogen-bond donors (Lipinski definition) is 1. The van der Waals surface area contributed by atoms with Crippen molar-refractivity contribution in [3.63, 3.8) is 0 Å². The summed E-state index contributed by atoms with van der Waals surface area (Å²) in [6.45, 7) is 6.51. The molecule has 1 fully saturated rings. The number of piperazine rings is 1. The van der Waals surface area contributed by atoms with E-state index in [2.05, 4.69) is 24.1 Å². The SMILES string of the molecule is CC(C)N1CCN(C(=O)Nc2ccccc2OCC(F)F)CC1. The van der Waals surface area contributed by atoms with Gasteiger partial charge in [0, 0.05) is 32.2 Å². The monoisotopic (exact) mass is 327 g/mol. The van der Waals surface area contributed by atoms with Gasteiger partial charge in [0.05, 0.1) is 5.69 Å². The number of halogens is 2. The molecule has 1 heterocycles. The van der Waals surface area contributed by atoms with Gasteiger partial charge in [0.15, 0.2) is 0 Å². The molecule has 2 rings (SSSR count). The van der Waals surface area contributed by atoms with E-state index in [1.165, 1.54) is 0 Å². The van der Waals surface area contributed by atoms with Crippen molar-refractivity contribution in [3.05, 3.63) is 24.3 Å². The second-order valence-corrected chi connectivity index (χ2v) is 5.75. The number of carbonyl (C=O) groups excluding carboxylic acids is 1. The highest BCUT2D eigenvalue weighted by Gasteiger charge is 2.23. The summed E-state index contributed by atoms with van der Waals surface area (Å²) in [7, 11) is 0. The van der Waals surface area contributed by atoms with E-state index in [1.807, 2.05) is 0 Å². The van der Waals surface area contributed by atoms with Crippen LogP contribution in [0.4, 0.5) is 19.3 Å². The predicted molar refractivity (Wildman–Crippen MR) is 85.2 cm³/mol. The lowest BCUT2D eigenvalue weighted by molar-refractivity contribution is 0.0822. The van der Waals surface area contributed by atoms with E-state index in [9.17, 15) is 13.6 Å².